The zero-order chi connectivity index (χ0) is 24.8. The number of carbonyl (C=O) groups excluding carboxylic acids is 2. The number of nitrogens with zero attached hydrogens (tertiary/aromatic N) is 1. The predicted octanol–water partition coefficient (Wildman–Crippen LogP) is 4.30. The van der Waals surface area contributed by atoms with Crippen LogP contribution >= 0.6 is 0 Å². The van der Waals surface area contributed by atoms with Crippen LogP contribution in [-0.4, -0.2) is 44.8 Å². The first kappa shape index (κ1) is 24.4. The van der Waals surface area contributed by atoms with Gasteiger partial charge >= 0.3 is 5.97 Å². The third-order valence-corrected chi connectivity index (χ3v) is 7.79. The maximum Gasteiger partial charge on any atom is 0.339 e. The van der Waals surface area contributed by atoms with Crippen molar-refractivity contribution in [1.82, 2.24) is 4.31 Å². The molecule has 4 rings (SSSR count). The van der Waals surface area contributed by atoms with Gasteiger partial charge < -0.3 is 14.8 Å². The molecule has 1 N–H and O–H groups in total. The number of hydrogen-bond acceptors (Lipinski definition) is 6. The lowest BCUT2D eigenvalue weighted by Crippen LogP contribution is -2.41. The highest BCUT2D eigenvalue weighted by atomic mass is 32.2. The summed E-state index contributed by atoms with van der Waals surface area (Å²) < 4.78 is 38.1. The highest BCUT2D eigenvalue weighted by molar-refractivity contribution is 7.89. The van der Waals surface area contributed by atoms with E-state index in [1.807, 2.05) is 30.3 Å². The van der Waals surface area contributed by atoms with Crippen molar-refractivity contribution in [2.45, 2.75) is 17.7 Å². The molecule has 0 bridgehead atoms. The highest BCUT2D eigenvalue weighted by Gasteiger charge is 2.34. The molecule has 0 spiro atoms. The topological polar surface area (TPSA) is 102 Å². The minimum atomic E-state index is -3.90. The van der Waals surface area contributed by atoms with Gasteiger partial charge in [-0.2, -0.15) is 4.31 Å². The van der Waals surface area contributed by atoms with Gasteiger partial charge in [0.1, 0.15) is 11.5 Å². The summed E-state index contributed by atoms with van der Waals surface area (Å²) in [6, 6.07) is 22.4. The van der Waals surface area contributed by atoms with Crippen LogP contribution in [0.3, 0.4) is 0 Å². The number of sulfonamides is 1. The van der Waals surface area contributed by atoms with Crippen molar-refractivity contribution in [2.24, 2.45) is 5.92 Å². The molecular weight excluding hydrogens is 468 g/mol. The molecule has 1 fully saturated rings. The Morgan fingerprint density at radius 2 is 1.46 bits per heavy atom. The Morgan fingerprint density at radius 1 is 0.857 bits per heavy atom. The largest absolute Gasteiger partial charge is 0.465 e. The smallest absolute Gasteiger partial charge is 0.339 e. The minimum Gasteiger partial charge on any atom is -0.465 e. The van der Waals surface area contributed by atoms with Gasteiger partial charge in [-0.1, -0.05) is 30.3 Å². The van der Waals surface area contributed by atoms with E-state index in [1.54, 1.807) is 36.4 Å². The van der Waals surface area contributed by atoms with Crippen LogP contribution in [0.15, 0.2) is 83.8 Å². The van der Waals surface area contributed by atoms with E-state index < -0.39 is 16.0 Å². The lowest BCUT2D eigenvalue weighted by molar-refractivity contribution is -0.120. The summed E-state index contributed by atoms with van der Waals surface area (Å²) in [7, 11) is -2.69. The predicted molar refractivity (Wildman–Crippen MR) is 131 cm³/mol. The molecule has 0 saturated carbocycles. The van der Waals surface area contributed by atoms with E-state index in [0.717, 1.165) is 5.75 Å². The summed E-state index contributed by atoms with van der Waals surface area (Å²) in [5.74, 6) is 0.185. The van der Waals surface area contributed by atoms with E-state index in [9.17, 15) is 18.0 Å². The van der Waals surface area contributed by atoms with Gasteiger partial charge in [-0.05, 0) is 61.4 Å². The second-order valence-electron chi connectivity index (χ2n) is 8.09. The number of ether oxygens (including phenoxy) is 2. The third kappa shape index (κ3) is 5.70. The average molecular weight is 495 g/mol. The van der Waals surface area contributed by atoms with Gasteiger partial charge in [0.05, 0.1) is 17.6 Å². The monoisotopic (exact) mass is 494 g/mol. The van der Waals surface area contributed by atoms with Crippen LogP contribution in [0, 0.1) is 5.92 Å². The SMILES string of the molecule is COC(=O)c1ccccc1S(=O)(=O)N1CCC(C(=O)Nc2ccc(Oc3ccccc3)cc2)CC1. The van der Waals surface area contributed by atoms with Crippen LogP contribution < -0.4 is 10.1 Å². The maximum absolute atomic E-state index is 13.2. The van der Waals surface area contributed by atoms with Crippen molar-refractivity contribution in [3.63, 3.8) is 0 Å². The molecule has 0 radical (unpaired) electrons. The summed E-state index contributed by atoms with van der Waals surface area (Å²) in [4.78, 5) is 24.7. The Kier molecular flexibility index (Phi) is 7.48. The van der Waals surface area contributed by atoms with Crippen molar-refractivity contribution in [2.75, 3.05) is 25.5 Å². The molecular formula is C26H26N2O6S. The van der Waals surface area contributed by atoms with Crippen LogP contribution in [-0.2, 0) is 19.6 Å². The maximum atomic E-state index is 13.2. The number of methoxy groups -OCH3 is 1. The van der Waals surface area contributed by atoms with Crippen LogP contribution in [0.25, 0.3) is 0 Å². The second kappa shape index (κ2) is 10.7. The summed E-state index contributed by atoms with van der Waals surface area (Å²) in [5.41, 5.74) is 0.632. The van der Waals surface area contributed by atoms with E-state index >= 15 is 0 Å². The molecule has 3 aromatic rings. The zero-order valence-corrected chi connectivity index (χ0v) is 20.0. The molecule has 1 amide bonds. The molecule has 1 aliphatic rings. The fourth-order valence-corrected chi connectivity index (χ4v) is 5.59. The van der Waals surface area contributed by atoms with Gasteiger partial charge in [-0.15, -0.1) is 0 Å². The zero-order valence-electron chi connectivity index (χ0n) is 19.2. The standard InChI is InChI=1S/C26H26N2O6S/c1-33-26(30)23-9-5-6-10-24(23)35(31,32)28-17-15-19(16-18-28)25(29)27-20-11-13-22(14-12-20)34-21-7-3-2-4-8-21/h2-14,19H,15-18H2,1H3,(H,27,29). The van der Waals surface area contributed by atoms with Crippen LogP contribution in [0.1, 0.15) is 23.2 Å². The van der Waals surface area contributed by atoms with Gasteiger partial charge in [0.2, 0.25) is 15.9 Å². The molecule has 1 aliphatic heterocycles. The molecule has 0 unspecified atom stereocenters. The number of para-hydroxylation sites is 1. The number of nitrogens with one attached hydrogen (secondary N) is 1. The molecule has 8 nitrogen and oxygen atoms in total. The second-order valence-corrected chi connectivity index (χ2v) is 10.0. The van der Waals surface area contributed by atoms with Gasteiger partial charge in [-0.25, -0.2) is 13.2 Å². The molecule has 0 atom stereocenters. The summed E-state index contributed by atoms with van der Waals surface area (Å²) in [6.45, 7) is 0.361. The summed E-state index contributed by atoms with van der Waals surface area (Å²) >= 11 is 0. The molecule has 182 valence electrons. The quantitative estimate of drug-likeness (QED) is 0.491. The lowest BCUT2D eigenvalue weighted by Gasteiger charge is -2.31. The average Bonchev–Trinajstić information content (AvgIpc) is 2.90. The number of benzene rings is 3. The number of anilines is 1. The van der Waals surface area contributed by atoms with Crippen LogP contribution in [0.5, 0.6) is 11.5 Å². The Balaban J connectivity index is 1.35. The van der Waals surface area contributed by atoms with Gasteiger partial charge in [0, 0.05) is 24.7 Å². The normalized spacial score (nSPS) is 14.8. The molecule has 1 heterocycles. The first-order valence-corrected chi connectivity index (χ1v) is 12.6. The minimum absolute atomic E-state index is 0.00504. The van der Waals surface area contributed by atoms with Gasteiger partial charge in [0.25, 0.3) is 0 Å². The van der Waals surface area contributed by atoms with Crippen molar-refractivity contribution >= 4 is 27.6 Å². The van der Waals surface area contributed by atoms with E-state index in [1.165, 1.54) is 23.5 Å². The van der Waals surface area contributed by atoms with Gasteiger partial charge in [0.15, 0.2) is 0 Å². The molecule has 3 aromatic carbocycles. The number of amides is 1. The molecule has 35 heavy (non-hydrogen) atoms. The lowest BCUT2D eigenvalue weighted by atomic mass is 9.97. The first-order valence-electron chi connectivity index (χ1n) is 11.2. The number of esters is 1. The van der Waals surface area contributed by atoms with E-state index in [0.29, 0.717) is 24.3 Å². The molecule has 0 aromatic heterocycles. The van der Waals surface area contributed by atoms with Crippen LogP contribution in [0.2, 0.25) is 0 Å². The van der Waals surface area contributed by atoms with Crippen LogP contribution in [0.4, 0.5) is 5.69 Å². The van der Waals surface area contributed by atoms with Crippen molar-refractivity contribution in [1.29, 1.82) is 0 Å². The summed E-state index contributed by atoms with van der Waals surface area (Å²) in [6.07, 6.45) is 0.751. The van der Waals surface area contributed by atoms with Crippen molar-refractivity contribution < 1.29 is 27.5 Å². The van der Waals surface area contributed by atoms with Gasteiger partial charge in [-0.3, -0.25) is 4.79 Å². The first-order chi connectivity index (χ1) is 16.9. The molecule has 1 saturated heterocycles. The fourth-order valence-electron chi connectivity index (χ4n) is 3.94. The Morgan fingerprint density at radius 3 is 2.11 bits per heavy atom. The number of hydrogen-bond donors (Lipinski definition) is 1. The third-order valence-electron chi connectivity index (χ3n) is 5.84. The number of piperidine rings is 1. The molecule has 9 heteroatoms. The highest BCUT2D eigenvalue weighted by Crippen LogP contribution is 2.28. The van der Waals surface area contributed by atoms with E-state index in [2.05, 4.69) is 5.32 Å². The Bertz CT molecular complexity index is 1280. The Labute approximate surface area is 204 Å². The fraction of sp³-hybridized carbons (Fsp3) is 0.231. The van der Waals surface area contributed by atoms with Crippen molar-refractivity contribution in [3.8, 4) is 11.5 Å². The summed E-state index contributed by atoms with van der Waals surface area (Å²) in [5, 5.41) is 2.90. The van der Waals surface area contributed by atoms with E-state index in [-0.39, 0.29) is 35.4 Å². The number of carbonyl (C=O) groups is 2. The van der Waals surface area contributed by atoms with Crippen molar-refractivity contribution in [3.05, 3.63) is 84.4 Å². The number of rotatable bonds is 7. The van der Waals surface area contributed by atoms with E-state index in [4.69, 9.17) is 9.47 Å². The molecule has 0 aliphatic carbocycles. The Hall–Kier alpha value is -3.69.